The molecule has 4 aromatic carbocycles. The number of benzene rings is 4. The number of ether oxygens (including phenoxy) is 1. The molecule has 0 heterocycles. The van der Waals surface area contributed by atoms with Crippen LogP contribution in [0.3, 0.4) is 0 Å². The van der Waals surface area contributed by atoms with Crippen LogP contribution in [0.5, 0.6) is 5.75 Å². The van der Waals surface area contributed by atoms with E-state index in [0.717, 1.165) is 22.3 Å². The van der Waals surface area contributed by atoms with Gasteiger partial charge < -0.3 is 20.5 Å². The second-order valence-corrected chi connectivity index (χ2v) is 13.2. The van der Waals surface area contributed by atoms with Crippen LogP contribution in [-0.2, 0) is 33.8 Å². The Hall–Kier alpha value is -4.75. The summed E-state index contributed by atoms with van der Waals surface area (Å²) in [4.78, 5) is 42.2. The Morgan fingerprint density at radius 2 is 1.31 bits per heavy atom. The van der Waals surface area contributed by atoms with E-state index in [-0.39, 0.29) is 6.42 Å². The number of anilines is 2. The van der Waals surface area contributed by atoms with Crippen LogP contribution < -0.4 is 15.4 Å². The van der Waals surface area contributed by atoms with Crippen LogP contribution >= 0.6 is 0 Å². The van der Waals surface area contributed by atoms with E-state index >= 15 is 0 Å². The van der Waals surface area contributed by atoms with Crippen molar-refractivity contribution in [1.29, 1.82) is 0 Å². The number of hydrogen-bond donors (Lipinski definition) is 3. The molecule has 1 fully saturated rings. The lowest BCUT2D eigenvalue weighted by atomic mass is 9.61. The highest BCUT2D eigenvalue weighted by molar-refractivity contribution is 6.10. The van der Waals surface area contributed by atoms with Gasteiger partial charge in [-0.1, -0.05) is 74.5 Å². The third-order valence-electron chi connectivity index (χ3n) is 9.76. The quantitative estimate of drug-likeness (QED) is 0.154. The van der Waals surface area contributed by atoms with Gasteiger partial charge in [0.15, 0.2) is 0 Å². The van der Waals surface area contributed by atoms with Crippen LogP contribution in [0.2, 0.25) is 0 Å². The molecule has 0 aromatic heterocycles. The highest BCUT2D eigenvalue weighted by atomic mass is 16.5. The van der Waals surface area contributed by atoms with Crippen molar-refractivity contribution < 1.29 is 24.2 Å². The van der Waals surface area contributed by atoms with E-state index in [2.05, 4.69) is 43.5 Å². The van der Waals surface area contributed by atoms with Crippen LogP contribution in [0.4, 0.5) is 11.4 Å². The second-order valence-electron chi connectivity index (χ2n) is 13.2. The van der Waals surface area contributed by atoms with E-state index in [4.69, 9.17) is 4.74 Å². The van der Waals surface area contributed by atoms with Gasteiger partial charge in [0.25, 0.3) is 0 Å². The van der Waals surface area contributed by atoms with Gasteiger partial charge in [-0.2, -0.15) is 0 Å². The van der Waals surface area contributed by atoms with Gasteiger partial charge in [0, 0.05) is 23.7 Å². The van der Waals surface area contributed by atoms with E-state index in [1.54, 1.807) is 24.3 Å². The number of aliphatic hydroxyl groups is 1. The summed E-state index contributed by atoms with van der Waals surface area (Å²) < 4.78 is 6.15. The molecule has 250 valence electrons. The molecule has 7 nitrogen and oxygen atoms in total. The maximum Gasteiger partial charge on any atom is 0.235 e. The average molecular weight is 647 g/mol. The van der Waals surface area contributed by atoms with Gasteiger partial charge in [-0.15, -0.1) is 0 Å². The Kier molecular flexibility index (Phi) is 10.5. The molecule has 0 aliphatic heterocycles. The molecular formula is C41H46N2O5. The molecule has 0 radical (unpaired) electrons. The first-order valence-corrected chi connectivity index (χ1v) is 16.8. The van der Waals surface area contributed by atoms with Gasteiger partial charge in [-0.3, -0.25) is 14.4 Å². The molecule has 4 aromatic rings. The summed E-state index contributed by atoms with van der Waals surface area (Å²) >= 11 is 0. The van der Waals surface area contributed by atoms with Gasteiger partial charge in [0.1, 0.15) is 24.1 Å². The fraction of sp³-hybridized carbons (Fsp3) is 0.341. The summed E-state index contributed by atoms with van der Waals surface area (Å²) in [5.74, 6) is -4.02. The summed E-state index contributed by atoms with van der Waals surface area (Å²) in [6.45, 7) is 12.1. The Balaban J connectivity index is 1.51. The third-order valence-corrected chi connectivity index (χ3v) is 9.76. The second kappa shape index (κ2) is 14.6. The Morgan fingerprint density at radius 1 is 0.771 bits per heavy atom. The molecule has 1 saturated carbocycles. The molecule has 1 aliphatic carbocycles. The lowest BCUT2D eigenvalue weighted by Crippen LogP contribution is -2.56. The lowest BCUT2D eigenvalue weighted by molar-refractivity contribution is -0.150. The fourth-order valence-corrected chi connectivity index (χ4v) is 6.94. The molecular weight excluding hydrogens is 600 g/mol. The van der Waals surface area contributed by atoms with Crippen molar-refractivity contribution in [1.82, 2.24) is 0 Å². The van der Waals surface area contributed by atoms with E-state index in [1.165, 1.54) is 18.1 Å². The maximum atomic E-state index is 14.2. The Morgan fingerprint density at radius 3 is 1.90 bits per heavy atom. The van der Waals surface area contributed by atoms with Crippen LogP contribution in [0.25, 0.3) is 0 Å². The fourth-order valence-electron chi connectivity index (χ4n) is 6.94. The molecule has 3 N–H and O–H groups in total. The lowest BCUT2D eigenvalue weighted by Gasteiger charge is -2.44. The van der Waals surface area contributed by atoms with Crippen LogP contribution in [0.15, 0.2) is 84.9 Å². The smallest absolute Gasteiger partial charge is 0.235 e. The molecule has 4 atom stereocenters. The normalized spacial score (nSPS) is 20.6. The highest BCUT2D eigenvalue weighted by Gasteiger charge is 2.56. The number of nitrogens with one attached hydrogen (secondary N) is 2. The van der Waals surface area contributed by atoms with Crippen molar-refractivity contribution in [2.45, 2.75) is 78.9 Å². The molecule has 0 spiro atoms. The number of aryl methyl sites for hydroxylation is 5. The molecule has 0 saturated heterocycles. The van der Waals surface area contributed by atoms with Crippen LogP contribution in [-0.4, -0.2) is 28.3 Å². The molecule has 1 aliphatic rings. The topological polar surface area (TPSA) is 105 Å². The molecule has 4 unspecified atom stereocenters. The van der Waals surface area contributed by atoms with Crippen molar-refractivity contribution in [3.8, 4) is 5.75 Å². The van der Waals surface area contributed by atoms with E-state index in [1.807, 2.05) is 62.4 Å². The van der Waals surface area contributed by atoms with Gasteiger partial charge >= 0.3 is 0 Å². The van der Waals surface area contributed by atoms with E-state index in [9.17, 15) is 19.5 Å². The number of rotatable bonds is 10. The van der Waals surface area contributed by atoms with Crippen molar-refractivity contribution in [3.63, 3.8) is 0 Å². The number of para-hydroxylation sites is 2. The Labute approximate surface area is 283 Å². The van der Waals surface area contributed by atoms with E-state index < -0.39 is 41.0 Å². The minimum absolute atomic E-state index is 0.332. The third kappa shape index (κ3) is 7.37. The van der Waals surface area contributed by atoms with Crippen molar-refractivity contribution in [2.75, 3.05) is 10.6 Å². The number of hydrogen-bond acceptors (Lipinski definition) is 5. The van der Waals surface area contributed by atoms with E-state index in [0.29, 0.717) is 42.1 Å². The van der Waals surface area contributed by atoms with Gasteiger partial charge in [-0.25, -0.2) is 0 Å². The summed E-state index contributed by atoms with van der Waals surface area (Å²) in [6, 6.07) is 26.4. The first kappa shape index (κ1) is 34.6. The SMILES string of the molecule is CCc1ccccc1NC(=O)C1C(=O)CC(C)(O)C(C(=O)Nc2ccccc2CC)C1c1ccc(OCc2cc(C)c(C)cc2C)cc1. The standard InChI is InChI=1S/C41H46N2O5/c1-7-28-13-9-11-15-33(28)42-39(45)37-35(44)23-41(6,47)38(40(46)43-34-16-12-10-14-29(34)8-2)36(37)30-17-19-32(20-18-30)48-24-31-22-26(4)25(3)21-27(31)5/h9-22,36-38,47H,7-8,23-24H2,1-6H3,(H,42,45)(H,43,46). The minimum Gasteiger partial charge on any atom is -0.489 e. The van der Waals surface area contributed by atoms with Gasteiger partial charge in [0.05, 0.1) is 11.5 Å². The zero-order chi connectivity index (χ0) is 34.6. The first-order valence-electron chi connectivity index (χ1n) is 16.8. The molecule has 0 bridgehead atoms. The Bertz CT molecular complexity index is 1810. The summed E-state index contributed by atoms with van der Waals surface area (Å²) in [5.41, 5.74) is 6.68. The van der Waals surface area contributed by atoms with Crippen molar-refractivity contribution in [3.05, 3.63) is 124 Å². The first-order chi connectivity index (χ1) is 22.9. The van der Waals surface area contributed by atoms with Gasteiger partial charge in [0.2, 0.25) is 11.8 Å². The zero-order valence-electron chi connectivity index (χ0n) is 28.7. The number of carbonyl (C=O) groups excluding carboxylic acids is 3. The van der Waals surface area contributed by atoms with Gasteiger partial charge in [-0.05, 0) is 104 Å². The van der Waals surface area contributed by atoms with Crippen LogP contribution in [0, 0.1) is 32.6 Å². The maximum absolute atomic E-state index is 14.2. The van der Waals surface area contributed by atoms with Crippen molar-refractivity contribution in [2.24, 2.45) is 11.8 Å². The molecule has 48 heavy (non-hydrogen) atoms. The summed E-state index contributed by atoms with van der Waals surface area (Å²) in [6.07, 6.45) is 1.06. The average Bonchev–Trinajstić information content (AvgIpc) is 3.05. The highest BCUT2D eigenvalue weighted by Crippen LogP contribution is 2.47. The number of carbonyl (C=O) groups is 3. The summed E-state index contributed by atoms with van der Waals surface area (Å²) in [5, 5.41) is 17.8. The van der Waals surface area contributed by atoms with Crippen molar-refractivity contribution >= 4 is 29.0 Å². The summed E-state index contributed by atoms with van der Waals surface area (Å²) in [7, 11) is 0. The van der Waals surface area contributed by atoms with Crippen LogP contribution in [0.1, 0.15) is 72.1 Å². The number of Topliss-reactive ketones (excluding diaryl/α,β-unsaturated/α-hetero) is 1. The molecule has 2 amide bonds. The monoisotopic (exact) mass is 646 g/mol. The predicted octanol–water partition coefficient (Wildman–Crippen LogP) is 7.63. The molecule has 5 rings (SSSR count). The number of amides is 2. The number of ketones is 1. The largest absolute Gasteiger partial charge is 0.489 e. The zero-order valence-corrected chi connectivity index (χ0v) is 28.7. The minimum atomic E-state index is -1.71. The predicted molar refractivity (Wildman–Crippen MR) is 190 cm³/mol. The molecule has 7 heteroatoms.